The van der Waals surface area contributed by atoms with E-state index in [9.17, 15) is 0 Å². The maximum atomic E-state index is 5.75. The van der Waals surface area contributed by atoms with Gasteiger partial charge in [0.05, 0.1) is 19.3 Å². The summed E-state index contributed by atoms with van der Waals surface area (Å²) >= 11 is 0. The number of hydrogen-bond acceptors (Lipinski definition) is 5. The van der Waals surface area contributed by atoms with Gasteiger partial charge in [-0.1, -0.05) is 0 Å². The van der Waals surface area contributed by atoms with Crippen molar-refractivity contribution in [3.63, 3.8) is 0 Å². The van der Waals surface area contributed by atoms with E-state index in [1.54, 1.807) is 7.11 Å². The summed E-state index contributed by atoms with van der Waals surface area (Å²) in [7, 11) is 3.86. The number of methoxy groups -OCH3 is 1. The molecule has 1 aliphatic rings. The van der Waals surface area contributed by atoms with E-state index in [-0.39, 0.29) is 30.1 Å². The topological polar surface area (TPSA) is 67.4 Å². The first-order chi connectivity index (χ1) is 11.8. The summed E-state index contributed by atoms with van der Waals surface area (Å²) in [5.41, 5.74) is 0. The first kappa shape index (κ1) is 24.8. The van der Waals surface area contributed by atoms with E-state index < -0.39 is 0 Å². The highest BCUT2D eigenvalue weighted by atomic mass is 127. The summed E-state index contributed by atoms with van der Waals surface area (Å²) in [4.78, 5) is 6.87. The Balaban J connectivity index is 0.00000576. The zero-order chi connectivity index (χ0) is 17.5. The SMILES string of the molecule is CCNC(=NCCCOC1CCOC1)NCCCN(C)CCOC.I. The average Bonchev–Trinajstić information content (AvgIpc) is 3.09. The van der Waals surface area contributed by atoms with Crippen LogP contribution in [0.2, 0.25) is 0 Å². The second kappa shape index (κ2) is 17.3. The van der Waals surface area contributed by atoms with E-state index >= 15 is 0 Å². The van der Waals surface area contributed by atoms with Gasteiger partial charge in [0.1, 0.15) is 0 Å². The molecule has 0 radical (unpaired) electrons. The van der Waals surface area contributed by atoms with Gasteiger partial charge in [0, 0.05) is 46.5 Å². The fourth-order valence-electron chi connectivity index (χ4n) is 2.41. The van der Waals surface area contributed by atoms with Crippen LogP contribution >= 0.6 is 24.0 Å². The third-order valence-electron chi connectivity index (χ3n) is 3.84. The summed E-state index contributed by atoms with van der Waals surface area (Å²) in [6.45, 7) is 9.77. The standard InChI is InChI=1S/C17H36N4O3.HI/c1-4-18-17(19-8-5-10-21(2)11-14-22-3)20-9-6-12-24-16-7-13-23-15-16;/h16H,4-15H2,1-3H3,(H2,18,19,20);1H. The van der Waals surface area contributed by atoms with Crippen LogP contribution in [0, 0.1) is 0 Å². The normalized spacial score (nSPS) is 17.6. The molecule has 0 aromatic rings. The quantitative estimate of drug-likeness (QED) is 0.183. The van der Waals surface area contributed by atoms with Gasteiger partial charge in [-0.05, 0) is 39.8 Å². The lowest BCUT2D eigenvalue weighted by Crippen LogP contribution is -2.38. The van der Waals surface area contributed by atoms with Crippen LogP contribution in [0.5, 0.6) is 0 Å². The van der Waals surface area contributed by atoms with Crippen molar-refractivity contribution in [2.45, 2.75) is 32.3 Å². The summed E-state index contributed by atoms with van der Waals surface area (Å²) in [5.74, 6) is 0.890. The molecule has 1 fully saturated rings. The van der Waals surface area contributed by atoms with Crippen LogP contribution in [0.1, 0.15) is 26.2 Å². The smallest absolute Gasteiger partial charge is 0.191 e. The highest BCUT2D eigenvalue weighted by Gasteiger charge is 2.15. The Kier molecular flexibility index (Phi) is 17.2. The molecular weight excluding hydrogens is 435 g/mol. The first-order valence-electron chi connectivity index (χ1n) is 9.15. The fourth-order valence-corrected chi connectivity index (χ4v) is 2.41. The van der Waals surface area contributed by atoms with Crippen LogP contribution in [-0.4, -0.2) is 90.3 Å². The second-order valence-electron chi connectivity index (χ2n) is 6.05. The number of hydrogen-bond donors (Lipinski definition) is 2. The van der Waals surface area contributed by atoms with Gasteiger partial charge in [-0.25, -0.2) is 0 Å². The molecule has 0 bridgehead atoms. The van der Waals surface area contributed by atoms with Gasteiger partial charge in [-0.2, -0.15) is 0 Å². The molecule has 1 rings (SSSR count). The number of halogens is 1. The van der Waals surface area contributed by atoms with Crippen LogP contribution < -0.4 is 10.6 Å². The number of rotatable bonds is 13. The van der Waals surface area contributed by atoms with Crippen LogP contribution in [0.15, 0.2) is 4.99 Å². The van der Waals surface area contributed by atoms with Gasteiger partial charge in [0.15, 0.2) is 5.96 Å². The minimum Gasteiger partial charge on any atom is -0.383 e. The van der Waals surface area contributed by atoms with Gasteiger partial charge < -0.3 is 29.7 Å². The van der Waals surface area contributed by atoms with Crippen LogP contribution in [0.3, 0.4) is 0 Å². The molecule has 1 heterocycles. The van der Waals surface area contributed by atoms with Crippen molar-refractivity contribution in [2.24, 2.45) is 4.99 Å². The molecule has 0 saturated carbocycles. The number of guanidine groups is 1. The second-order valence-corrected chi connectivity index (χ2v) is 6.05. The zero-order valence-electron chi connectivity index (χ0n) is 16.1. The van der Waals surface area contributed by atoms with Crippen molar-refractivity contribution in [1.82, 2.24) is 15.5 Å². The first-order valence-corrected chi connectivity index (χ1v) is 9.15. The van der Waals surface area contributed by atoms with Crippen LogP contribution in [-0.2, 0) is 14.2 Å². The molecule has 1 atom stereocenters. The predicted molar refractivity (Wildman–Crippen MR) is 113 cm³/mol. The molecule has 25 heavy (non-hydrogen) atoms. The van der Waals surface area contributed by atoms with E-state index in [4.69, 9.17) is 14.2 Å². The number of likely N-dealkylation sites (N-methyl/N-ethyl adjacent to an activating group) is 1. The molecule has 0 aliphatic carbocycles. The molecule has 150 valence electrons. The molecule has 1 saturated heterocycles. The fraction of sp³-hybridized carbons (Fsp3) is 0.941. The van der Waals surface area contributed by atoms with Crippen molar-refractivity contribution in [3.8, 4) is 0 Å². The molecule has 0 spiro atoms. The molecular formula is C17H37IN4O3. The van der Waals surface area contributed by atoms with Crippen molar-refractivity contribution in [2.75, 3.05) is 73.3 Å². The third kappa shape index (κ3) is 13.7. The van der Waals surface area contributed by atoms with Gasteiger partial charge in [0.2, 0.25) is 0 Å². The number of nitrogens with zero attached hydrogens (tertiary/aromatic N) is 2. The van der Waals surface area contributed by atoms with E-state index in [2.05, 4.69) is 34.5 Å². The Hall–Kier alpha value is -0.160. The van der Waals surface area contributed by atoms with E-state index in [0.717, 1.165) is 84.4 Å². The van der Waals surface area contributed by atoms with Gasteiger partial charge >= 0.3 is 0 Å². The van der Waals surface area contributed by atoms with Crippen molar-refractivity contribution >= 4 is 29.9 Å². The van der Waals surface area contributed by atoms with Crippen LogP contribution in [0.4, 0.5) is 0 Å². The molecule has 0 amide bonds. The Labute approximate surface area is 170 Å². The molecule has 0 aromatic heterocycles. The minimum absolute atomic E-state index is 0. The maximum absolute atomic E-state index is 5.75. The van der Waals surface area contributed by atoms with Gasteiger partial charge in [0.25, 0.3) is 0 Å². The van der Waals surface area contributed by atoms with Crippen molar-refractivity contribution in [3.05, 3.63) is 0 Å². The lowest BCUT2D eigenvalue weighted by Gasteiger charge is -2.17. The van der Waals surface area contributed by atoms with Crippen molar-refractivity contribution < 1.29 is 14.2 Å². The van der Waals surface area contributed by atoms with Gasteiger partial charge in [-0.15, -0.1) is 24.0 Å². The predicted octanol–water partition coefficient (Wildman–Crippen LogP) is 1.32. The monoisotopic (exact) mass is 472 g/mol. The largest absolute Gasteiger partial charge is 0.383 e. The molecule has 0 aromatic carbocycles. The highest BCUT2D eigenvalue weighted by molar-refractivity contribution is 14.0. The lowest BCUT2D eigenvalue weighted by atomic mass is 10.3. The summed E-state index contributed by atoms with van der Waals surface area (Å²) < 4.78 is 16.1. The number of ether oxygens (including phenoxy) is 3. The number of nitrogens with one attached hydrogen (secondary N) is 2. The van der Waals surface area contributed by atoms with Gasteiger partial charge in [-0.3, -0.25) is 4.99 Å². The summed E-state index contributed by atoms with van der Waals surface area (Å²) in [5, 5.41) is 6.67. The number of aliphatic imine (C=N–C) groups is 1. The Morgan fingerprint density at radius 3 is 2.76 bits per heavy atom. The molecule has 2 N–H and O–H groups in total. The third-order valence-corrected chi connectivity index (χ3v) is 3.84. The minimum atomic E-state index is 0. The zero-order valence-corrected chi connectivity index (χ0v) is 18.4. The summed E-state index contributed by atoms with van der Waals surface area (Å²) in [6, 6.07) is 0. The molecule has 1 aliphatic heterocycles. The average molecular weight is 472 g/mol. The van der Waals surface area contributed by atoms with E-state index in [1.165, 1.54) is 0 Å². The Morgan fingerprint density at radius 2 is 2.08 bits per heavy atom. The molecule has 8 heteroatoms. The lowest BCUT2D eigenvalue weighted by molar-refractivity contribution is 0.0424. The summed E-state index contributed by atoms with van der Waals surface area (Å²) in [6.07, 6.45) is 3.32. The molecule has 1 unspecified atom stereocenters. The Bertz CT molecular complexity index is 329. The Morgan fingerprint density at radius 1 is 1.24 bits per heavy atom. The van der Waals surface area contributed by atoms with E-state index in [0.29, 0.717) is 0 Å². The maximum Gasteiger partial charge on any atom is 0.191 e. The van der Waals surface area contributed by atoms with Crippen LogP contribution in [0.25, 0.3) is 0 Å². The highest BCUT2D eigenvalue weighted by Crippen LogP contribution is 2.08. The molecule has 7 nitrogen and oxygen atoms in total. The van der Waals surface area contributed by atoms with Crippen molar-refractivity contribution in [1.29, 1.82) is 0 Å². The van der Waals surface area contributed by atoms with E-state index in [1.807, 2.05) is 0 Å².